The molecular weight excluding hydrogens is 146 g/mol. The lowest BCUT2D eigenvalue weighted by atomic mass is 9.87. The van der Waals surface area contributed by atoms with E-state index in [2.05, 4.69) is 27.7 Å². The molecule has 1 unspecified atom stereocenters. The minimum Gasteiger partial charge on any atom is -0.330 e. The monoisotopic (exact) mass is 171 g/mol. The smallest absolute Gasteiger partial charge is 0.00490 e. The average molecular weight is 171 g/mol. The van der Waals surface area contributed by atoms with Gasteiger partial charge in [-0.3, -0.25) is 0 Å². The van der Waals surface area contributed by atoms with Gasteiger partial charge in [0.05, 0.1) is 0 Å². The van der Waals surface area contributed by atoms with Gasteiger partial charge in [0.1, 0.15) is 0 Å². The van der Waals surface area contributed by atoms with Gasteiger partial charge in [-0.2, -0.15) is 0 Å². The molecule has 0 amide bonds. The molecule has 0 aliphatic rings. The summed E-state index contributed by atoms with van der Waals surface area (Å²) in [5.74, 6) is 0.757. The van der Waals surface area contributed by atoms with Crippen LogP contribution in [0, 0.1) is 11.3 Å². The topological polar surface area (TPSA) is 26.0 Å². The maximum atomic E-state index is 5.63. The van der Waals surface area contributed by atoms with Crippen LogP contribution < -0.4 is 5.73 Å². The SMILES string of the molecule is CCC(CN)CCCC(C)(C)C. The Morgan fingerprint density at radius 1 is 1.25 bits per heavy atom. The molecule has 0 aliphatic carbocycles. The molecule has 0 aromatic heterocycles. The molecule has 0 heterocycles. The normalized spacial score (nSPS) is 14.8. The number of hydrogen-bond acceptors (Lipinski definition) is 1. The summed E-state index contributed by atoms with van der Waals surface area (Å²) >= 11 is 0. The Labute approximate surface area is 77.7 Å². The van der Waals surface area contributed by atoms with Gasteiger partial charge in [-0.1, -0.05) is 40.5 Å². The van der Waals surface area contributed by atoms with Gasteiger partial charge >= 0.3 is 0 Å². The van der Waals surface area contributed by atoms with Gasteiger partial charge in [0.25, 0.3) is 0 Å². The van der Waals surface area contributed by atoms with E-state index in [0.29, 0.717) is 5.41 Å². The lowest BCUT2D eigenvalue weighted by molar-refractivity contribution is 0.336. The first-order valence-electron chi connectivity index (χ1n) is 5.19. The van der Waals surface area contributed by atoms with Crippen LogP contribution in [0.2, 0.25) is 0 Å². The van der Waals surface area contributed by atoms with E-state index in [1.807, 2.05) is 0 Å². The largest absolute Gasteiger partial charge is 0.330 e. The van der Waals surface area contributed by atoms with E-state index in [1.165, 1.54) is 25.7 Å². The molecule has 0 saturated heterocycles. The average Bonchev–Trinajstić information content (AvgIpc) is 1.96. The first-order chi connectivity index (χ1) is 5.49. The van der Waals surface area contributed by atoms with E-state index in [1.54, 1.807) is 0 Å². The Morgan fingerprint density at radius 2 is 1.83 bits per heavy atom. The second-order valence-corrected chi connectivity index (χ2v) is 4.96. The van der Waals surface area contributed by atoms with Crippen molar-refractivity contribution in [3.05, 3.63) is 0 Å². The van der Waals surface area contributed by atoms with E-state index in [9.17, 15) is 0 Å². The summed E-state index contributed by atoms with van der Waals surface area (Å²) in [5.41, 5.74) is 6.13. The Kier molecular flexibility index (Phi) is 5.56. The van der Waals surface area contributed by atoms with Crippen molar-refractivity contribution in [2.45, 2.75) is 53.4 Å². The van der Waals surface area contributed by atoms with Crippen LogP contribution in [0.5, 0.6) is 0 Å². The molecule has 0 radical (unpaired) electrons. The molecule has 0 bridgehead atoms. The Morgan fingerprint density at radius 3 is 2.17 bits per heavy atom. The van der Waals surface area contributed by atoms with Gasteiger partial charge in [-0.15, -0.1) is 0 Å². The van der Waals surface area contributed by atoms with Gasteiger partial charge < -0.3 is 5.73 Å². The molecule has 1 heteroatoms. The molecule has 1 atom stereocenters. The summed E-state index contributed by atoms with van der Waals surface area (Å²) < 4.78 is 0. The maximum Gasteiger partial charge on any atom is -0.00490 e. The van der Waals surface area contributed by atoms with E-state index < -0.39 is 0 Å². The molecule has 0 aromatic rings. The van der Waals surface area contributed by atoms with Crippen molar-refractivity contribution >= 4 is 0 Å². The molecule has 0 aliphatic heterocycles. The van der Waals surface area contributed by atoms with Gasteiger partial charge in [0, 0.05) is 0 Å². The van der Waals surface area contributed by atoms with Crippen LogP contribution in [0.4, 0.5) is 0 Å². The summed E-state index contributed by atoms with van der Waals surface area (Å²) in [6.45, 7) is 10.00. The van der Waals surface area contributed by atoms with Crippen molar-refractivity contribution < 1.29 is 0 Å². The lowest BCUT2D eigenvalue weighted by Crippen LogP contribution is -2.14. The Hall–Kier alpha value is -0.0400. The molecule has 0 fully saturated rings. The fourth-order valence-electron chi connectivity index (χ4n) is 1.41. The van der Waals surface area contributed by atoms with Crippen LogP contribution in [-0.4, -0.2) is 6.54 Å². The molecule has 1 nitrogen and oxygen atoms in total. The zero-order valence-corrected chi connectivity index (χ0v) is 9.19. The number of rotatable bonds is 5. The van der Waals surface area contributed by atoms with Crippen LogP contribution in [0.1, 0.15) is 53.4 Å². The van der Waals surface area contributed by atoms with Crippen LogP contribution in [0.15, 0.2) is 0 Å². The van der Waals surface area contributed by atoms with Crippen molar-refractivity contribution in [1.29, 1.82) is 0 Å². The first-order valence-corrected chi connectivity index (χ1v) is 5.19. The van der Waals surface area contributed by atoms with Crippen molar-refractivity contribution in [2.75, 3.05) is 6.54 Å². The van der Waals surface area contributed by atoms with E-state index >= 15 is 0 Å². The quantitative estimate of drug-likeness (QED) is 0.675. The molecule has 0 saturated carbocycles. The predicted octanol–water partition coefficient (Wildman–Crippen LogP) is 3.19. The van der Waals surface area contributed by atoms with E-state index in [0.717, 1.165) is 12.5 Å². The van der Waals surface area contributed by atoms with Gasteiger partial charge in [0.15, 0.2) is 0 Å². The molecule has 0 aromatic carbocycles. The zero-order valence-electron chi connectivity index (χ0n) is 9.19. The minimum absolute atomic E-state index is 0.493. The van der Waals surface area contributed by atoms with Crippen molar-refractivity contribution in [3.63, 3.8) is 0 Å². The summed E-state index contributed by atoms with van der Waals surface area (Å²) in [5, 5.41) is 0. The third-order valence-corrected chi connectivity index (χ3v) is 2.45. The summed E-state index contributed by atoms with van der Waals surface area (Å²) in [4.78, 5) is 0. The highest BCUT2D eigenvalue weighted by molar-refractivity contribution is 4.64. The molecule has 12 heavy (non-hydrogen) atoms. The Balaban J connectivity index is 3.41. The van der Waals surface area contributed by atoms with Gasteiger partial charge in [0.2, 0.25) is 0 Å². The van der Waals surface area contributed by atoms with E-state index in [-0.39, 0.29) is 0 Å². The maximum absolute atomic E-state index is 5.63. The summed E-state index contributed by atoms with van der Waals surface area (Å²) in [6.07, 6.45) is 5.20. The molecule has 0 rings (SSSR count). The Bertz CT molecular complexity index is 98.1. The fourth-order valence-corrected chi connectivity index (χ4v) is 1.41. The predicted molar refractivity (Wildman–Crippen MR) is 56.1 cm³/mol. The number of hydrogen-bond donors (Lipinski definition) is 1. The van der Waals surface area contributed by atoms with Gasteiger partial charge in [-0.25, -0.2) is 0 Å². The van der Waals surface area contributed by atoms with Crippen molar-refractivity contribution in [3.8, 4) is 0 Å². The zero-order chi connectivity index (χ0) is 9.61. The molecule has 74 valence electrons. The second-order valence-electron chi connectivity index (χ2n) is 4.96. The molecular formula is C11H25N. The highest BCUT2D eigenvalue weighted by atomic mass is 14.5. The van der Waals surface area contributed by atoms with Crippen molar-refractivity contribution in [1.82, 2.24) is 0 Å². The minimum atomic E-state index is 0.493. The van der Waals surface area contributed by atoms with Crippen LogP contribution in [0.3, 0.4) is 0 Å². The van der Waals surface area contributed by atoms with Crippen LogP contribution in [0.25, 0.3) is 0 Å². The molecule has 0 spiro atoms. The lowest BCUT2D eigenvalue weighted by Gasteiger charge is -2.19. The third kappa shape index (κ3) is 6.66. The highest BCUT2D eigenvalue weighted by Gasteiger charge is 2.11. The van der Waals surface area contributed by atoms with Crippen molar-refractivity contribution in [2.24, 2.45) is 17.1 Å². The fraction of sp³-hybridized carbons (Fsp3) is 1.00. The first kappa shape index (κ1) is 12.0. The van der Waals surface area contributed by atoms with Crippen LogP contribution >= 0.6 is 0 Å². The number of nitrogens with two attached hydrogens (primary N) is 1. The molecule has 2 N–H and O–H groups in total. The highest BCUT2D eigenvalue weighted by Crippen LogP contribution is 2.23. The summed E-state index contributed by atoms with van der Waals surface area (Å²) in [7, 11) is 0. The summed E-state index contributed by atoms with van der Waals surface area (Å²) in [6, 6.07) is 0. The van der Waals surface area contributed by atoms with Crippen LogP contribution in [-0.2, 0) is 0 Å². The third-order valence-electron chi connectivity index (χ3n) is 2.45. The standard InChI is InChI=1S/C11H25N/c1-5-10(9-12)7-6-8-11(2,3)4/h10H,5-9,12H2,1-4H3. The van der Waals surface area contributed by atoms with E-state index in [4.69, 9.17) is 5.73 Å². The second kappa shape index (κ2) is 5.58. The van der Waals surface area contributed by atoms with Gasteiger partial charge in [-0.05, 0) is 30.7 Å².